The quantitative estimate of drug-likeness (QED) is 0.562. The number of nitrogens with one attached hydrogen (secondary N) is 1. The largest absolute Gasteiger partial charge is 0.462 e. The highest BCUT2D eigenvalue weighted by Gasteiger charge is 2.39. The van der Waals surface area contributed by atoms with Crippen LogP contribution in [0.15, 0.2) is 48.5 Å². The molecule has 154 valence electrons. The minimum absolute atomic E-state index is 0.286. The van der Waals surface area contributed by atoms with Crippen molar-refractivity contribution in [3.8, 4) is 0 Å². The molecular formula is C23H28N2O4. The molecule has 2 amide bonds. The monoisotopic (exact) mass is 396 g/mol. The van der Waals surface area contributed by atoms with Crippen LogP contribution in [0.3, 0.4) is 0 Å². The van der Waals surface area contributed by atoms with Gasteiger partial charge in [0.05, 0.1) is 12.2 Å². The van der Waals surface area contributed by atoms with Crippen molar-refractivity contribution in [1.82, 2.24) is 0 Å². The average molecular weight is 396 g/mol. The summed E-state index contributed by atoms with van der Waals surface area (Å²) in [6.45, 7) is 9.53. The molecule has 0 bridgehead atoms. The van der Waals surface area contributed by atoms with Crippen LogP contribution in [0, 0.1) is 12.3 Å². The average Bonchev–Trinajstić information content (AvgIpc) is 2.69. The molecule has 0 saturated carbocycles. The summed E-state index contributed by atoms with van der Waals surface area (Å²) in [5.41, 5.74) is 1.42. The summed E-state index contributed by atoms with van der Waals surface area (Å²) in [4.78, 5) is 39.4. The number of amides is 2. The first-order chi connectivity index (χ1) is 13.7. The van der Waals surface area contributed by atoms with Crippen molar-refractivity contribution < 1.29 is 19.1 Å². The zero-order valence-corrected chi connectivity index (χ0v) is 17.6. The number of hydrogen-bond donors (Lipinski definition) is 1. The Labute approximate surface area is 171 Å². The summed E-state index contributed by atoms with van der Waals surface area (Å²) in [6, 6.07) is 14.0. The van der Waals surface area contributed by atoms with Gasteiger partial charge in [-0.15, -0.1) is 0 Å². The second-order valence-corrected chi connectivity index (χ2v) is 7.27. The molecule has 2 rings (SSSR count). The van der Waals surface area contributed by atoms with E-state index in [2.05, 4.69) is 5.32 Å². The van der Waals surface area contributed by atoms with Crippen LogP contribution in [0.1, 0.15) is 43.6 Å². The summed E-state index contributed by atoms with van der Waals surface area (Å²) in [5, 5.41) is 2.76. The first-order valence-electron chi connectivity index (χ1n) is 9.68. The molecule has 0 fully saturated rings. The molecule has 0 unspecified atom stereocenters. The number of carbonyl (C=O) groups is 3. The smallest absolute Gasteiger partial charge is 0.338 e. The molecule has 1 N–H and O–H groups in total. The van der Waals surface area contributed by atoms with Gasteiger partial charge in [-0.2, -0.15) is 0 Å². The molecule has 29 heavy (non-hydrogen) atoms. The van der Waals surface area contributed by atoms with Crippen molar-refractivity contribution in [2.45, 2.75) is 34.6 Å². The molecule has 0 heterocycles. The standard InChI is InChI=1S/C23H28N2O4/c1-6-25(19-10-8-9-16(3)15-19)22(28)23(4,5)21(27)24-18-13-11-17(12-14-18)20(26)29-7-2/h8-15H,6-7H2,1-5H3,(H,24,27). The van der Waals surface area contributed by atoms with Gasteiger partial charge in [0, 0.05) is 17.9 Å². The molecule has 0 saturated heterocycles. The van der Waals surface area contributed by atoms with Crippen molar-refractivity contribution in [3.05, 3.63) is 59.7 Å². The molecule has 0 aliphatic rings. The maximum Gasteiger partial charge on any atom is 0.338 e. The fourth-order valence-electron chi connectivity index (χ4n) is 2.87. The predicted molar refractivity (Wildman–Crippen MR) is 114 cm³/mol. The Kier molecular flexibility index (Phi) is 7.15. The van der Waals surface area contributed by atoms with Crippen molar-refractivity contribution in [3.63, 3.8) is 0 Å². The molecule has 0 aliphatic carbocycles. The minimum Gasteiger partial charge on any atom is -0.462 e. The van der Waals surface area contributed by atoms with Gasteiger partial charge in [0.25, 0.3) is 0 Å². The van der Waals surface area contributed by atoms with E-state index in [0.29, 0.717) is 24.4 Å². The van der Waals surface area contributed by atoms with Gasteiger partial charge in [-0.25, -0.2) is 4.79 Å². The normalized spacial score (nSPS) is 10.9. The second-order valence-electron chi connectivity index (χ2n) is 7.27. The number of carbonyl (C=O) groups excluding carboxylic acids is 3. The van der Waals surface area contributed by atoms with E-state index >= 15 is 0 Å². The van der Waals surface area contributed by atoms with Gasteiger partial charge in [0.1, 0.15) is 5.41 Å². The summed E-state index contributed by atoms with van der Waals surface area (Å²) >= 11 is 0. The van der Waals surface area contributed by atoms with Gasteiger partial charge in [0.2, 0.25) is 11.8 Å². The molecule has 6 heteroatoms. The molecule has 2 aromatic carbocycles. The number of hydrogen-bond acceptors (Lipinski definition) is 4. The third kappa shape index (κ3) is 5.22. The lowest BCUT2D eigenvalue weighted by Crippen LogP contribution is -2.47. The Hall–Kier alpha value is -3.15. The maximum absolute atomic E-state index is 13.2. The van der Waals surface area contributed by atoms with Gasteiger partial charge in [-0.1, -0.05) is 12.1 Å². The summed E-state index contributed by atoms with van der Waals surface area (Å²) in [5.74, 6) is -1.12. The SMILES string of the molecule is CCOC(=O)c1ccc(NC(=O)C(C)(C)C(=O)N(CC)c2cccc(C)c2)cc1. The fourth-order valence-corrected chi connectivity index (χ4v) is 2.87. The number of aryl methyl sites for hydroxylation is 1. The first-order valence-corrected chi connectivity index (χ1v) is 9.68. The number of rotatable bonds is 7. The Morgan fingerprint density at radius 2 is 1.69 bits per heavy atom. The van der Waals surface area contributed by atoms with E-state index in [-0.39, 0.29) is 5.91 Å². The Morgan fingerprint density at radius 1 is 1.03 bits per heavy atom. The highest BCUT2D eigenvalue weighted by molar-refractivity contribution is 6.14. The summed E-state index contributed by atoms with van der Waals surface area (Å²) < 4.78 is 4.95. The molecule has 0 spiro atoms. The van der Waals surface area contributed by atoms with Gasteiger partial charge >= 0.3 is 5.97 Å². The van der Waals surface area contributed by atoms with E-state index in [9.17, 15) is 14.4 Å². The van der Waals surface area contributed by atoms with Crippen LogP contribution < -0.4 is 10.2 Å². The Morgan fingerprint density at radius 3 is 2.24 bits per heavy atom. The van der Waals surface area contributed by atoms with Crippen LogP contribution in [-0.4, -0.2) is 30.9 Å². The zero-order valence-electron chi connectivity index (χ0n) is 17.6. The van der Waals surface area contributed by atoms with E-state index in [1.165, 1.54) is 0 Å². The number of benzene rings is 2. The van der Waals surface area contributed by atoms with Crippen molar-refractivity contribution in [2.75, 3.05) is 23.4 Å². The summed E-state index contributed by atoms with van der Waals surface area (Å²) in [7, 11) is 0. The van der Waals surface area contributed by atoms with Crippen molar-refractivity contribution in [1.29, 1.82) is 0 Å². The lowest BCUT2D eigenvalue weighted by Gasteiger charge is -2.30. The Bertz CT molecular complexity index is 888. The molecule has 6 nitrogen and oxygen atoms in total. The highest BCUT2D eigenvalue weighted by Crippen LogP contribution is 2.26. The Balaban J connectivity index is 2.15. The lowest BCUT2D eigenvalue weighted by molar-refractivity contribution is -0.136. The third-order valence-electron chi connectivity index (χ3n) is 4.63. The molecule has 0 aromatic heterocycles. The van der Waals surface area contributed by atoms with Gasteiger partial charge in [0.15, 0.2) is 0 Å². The molecular weight excluding hydrogens is 368 g/mol. The van der Waals surface area contributed by atoms with Crippen LogP contribution in [0.5, 0.6) is 0 Å². The van der Waals surface area contributed by atoms with Gasteiger partial charge in [-0.3, -0.25) is 9.59 Å². The fraction of sp³-hybridized carbons (Fsp3) is 0.348. The van der Waals surface area contributed by atoms with Crippen LogP contribution in [-0.2, 0) is 14.3 Å². The number of ether oxygens (including phenoxy) is 1. The zero-order chi connectivity index (χ0) is 21.6. The summed E-state index contributed by atoms with van der Waals surface area (Å²) in [6.07, 6.45) is 0. The predicted octanol–water partition coefficient (Wildman–Crippen LogP) is 4.19. The van der Waals surface area contributed by atoms with Crippen molar-refractivity contribution in [2.24, 2.45) is 5.41 Å². The van der Waals surface area contributed by atoms with Crippen LogP contribution in [0.25, 0.3) is 0 Å². The maximum atomic E-state index is 13.2. The molecule has 0 atom stereocenters. The topological polar surface area (TPSA) is 75.7 Å². The third-order valence-corrected chi connectivity index (χ3v) is 4.63. The number of nitrogens with zero attached hydrogens (tertiary/aromatic N) is 1. The van der Waals surface area contributed by atoms with E-state index < -0.39 is 17.3 Å². The number of anilines is 2. The van der Waals surface area contributed by atoms with Crippen molar-refractivity contribution >= 4 is 29.2 Å². The second kappa shape index (κ2) is 9.37. The van der Waals surface area contributed by atoms with Crippen LogP contribution in [0.4, 0.5) is 11.4 Å². The van der Waals surface area contributed by atoms with E-state index in [1.54, 1.807) is 49.9 Å². The molecule has 0 radical (unpaired) electrons. The highest BCUT2D eigenvalue weighted by atomic mass is 16.5. The van der Waals surface area contributed by atoms with Crippen LogP contribution >= 0.6 is 0 Å². The van der Waals surface area contributed by atoms with E-state index in [1.807, 2.05) is 38.1 Å². The lowest BCUT2D eigenvalue weighted by atomic mass is 9.89. The first kappa shape index (κ1) is 22.1. The minimum atomic E-state index is -1.28. The number of esters is 1. The van der Waals surface area contributed by atoms with Gasteiger partial charge in [-0.05, 0) is 76.6 Å². The van der Waals surface area contributed by atoms with Crippen LogP contribution in [0.2, 0.25) is 0 Å². The molecule has 2 aromatic rings. The van der Waals surface area contributed by atoms with E-state index in [4.69, 9.17) is 4.74 Å². The van der Waals surface area contributed by atoms with E-state index in [0.717, 1.165) is 11.3 Å². The molecule has 0 aliphatic heterocycles. The van der Waals surface area contributed by atoms with Gasteiger partial charge < -0.3 is 15.0 Å².